The van der Waals surface area contributed by atoms with Gasteiger partial charge in [0.1, 0.15) is 0 Å². The third-order valence-corrected chi connectivity index (χ3v) is 5.50. The summed E-state index contributed by atoms with van der Waals surface area (Å²) in [6.07, 6.45) is 3.38. The number of rotatable bonds is 2. The van der Waals surface area contributed by atoms with E-state index in [0.717, 1.165) is 32.0 Å². The van der Waals surface area contributed by atoms with Crippen molar-refractivity contribution in [2.24, 2.45) is 17.8 Å². The van der Waals surface area contributed by atoms with Gasteiger partial charge in [0.15, 0.2) is 0 Å². The summed E-state index contributed by atoms with van der Waals surface area (Å²) in [6.45, 7) is 3.47. The van der Waals surface area contributed by atoms with Crippen LogP contribution in [0.3, 0.4) is 0 Å². The molecule has 2 heterocycles. The standard InChI is InChI=1S/C13H20N2O2/c16-11(14-2-1-3-14)7-15-6-9-4-8-5-10(9)12(15)13(8)17/h8-10,12-13,17H,1-7H2. The fourth-order valence-electron chi connectivity index (χ4n) is 4.56. The first-order valence-corrected chi connectivity index (χ1v) is 6.94. The van der Waals surface area contributed by atoms with Gasteiger partial charge in [-0.15, -0.1) is 0 Å². The van der Waals surface area contributed by atoms with Gasteiger partial charge in [-0.1, -0.05) is 0 Å². The summed E-state index contributed by atoms with van der Waals surface area (Å²) in [5.74, 6) is 2.24. The van der Waals surface area contributed by atoms with E-state index in [1.54, 1.807) is 0 Å². The zero-order valence-corrected chi connectivity index (χ0v) is 10.1. The summed E-state index contributed by atoms with van der Waals surface area (Å²) in [5, 5.41) is 10.2. The Morgan fingerprint density at radius 2 is 2.06 bits per heavy atom. The van der Waals surface area contributed by atoms with Gasteiger partial charge in [-0.05, 0) is 37.0 Å². The Kier molecular flexibility index (Phi) is 2.10. The molecule has 0 aromatic carbocycles. The Bertz CT molecular complexity index is 353. The number of amides is 1. The van der Waals surface area contributed by atoms with Gasteiger partial charge in [-0.3, -0.25) is 9.69 Å². The fourth-order valence-corrected chi connectivity index (χ4v) is 4.56. The second-order valence-electron chi connectivity index (χ2n) is 6.30. The van der Waals surface area contributed by atoms with Crippen molar-refractivity contribution >= 4 is 5.91 Å². The van der Waals surface area contributed by atoms with Crippen LogP contribution < -0.4 is 0 Å². The van der Waals surface area contributed by atoms with Gasteiger partial charge >= 0.3 is 0 Å². The Morgan fingerprint density at radius 1 is 1.24 bits per heavy atom. The van der Waals surface area contributed by atoms with Crippen LogP contribution >= 0.6 is 0 Å². The van der Waals surface area contributed by atoms with Crippen LogP contribution in [0.1, 0.15) is 19.3 Å². The van der Waals surface area contributed by atoms with Crippen molar-refractivity contribution in [3.8, 4) is 0 Å². The summed E-state index contributed by atoms with van der Waals surface area (Å²) >= 11 is 0. The maximum absolute atomic E-state index is 12.0. The molecule has 4 nitrogen and oxygen atoms in total. The molecule has 4 fully saturated rings. The number of carbonyl (C=O) groups is 1. The van der Waals surface area contributed by atoms with Crippen molar-refractivity contribution < 1.29 is 9.90 Å². The van der Waals surface area contributed by atoms with Gasteiger partial charge in [-0.25, -0.2) is 0 Å². The second-order valence-corrected chi connectivity index (χ2v) is 6.30. The van der Waals surface area contributed by atoms with E-state index in [9.17, 15) is 9.90 Å². The van der Waals surface area contributed by atoms with E-state index >= 15 is 0 Å². The van der Waals surface area contributed by atoms with Gasteiger partial charge in [-0.2, -0.15) is 0 Å². The van der Waals surface area contributed by atoms with Gasteiger partial charge in [0.25, 0.3) is 0 Å². The normalized spacial score (nSPS) is 47.6. The minimum atomic E-state index is -0.164. The van der Waals surface area contributed by atoms with Crippen molar-refractivity contribution in [1.29, 1.82) is 0 Å². The van der Waals surface area contributed by atoms with Crippen LogP contribution in [-0.4, -0.2) is 59.1 Å². The Labute approximate surface area is 102 Å². The van der Waals surface area contributed by atoms with Crippen molar-refractivity contribution in [2.45, 2.75) is 31.4 Å². The number of hydrogen-bond donors (Lipinski definition) is 1. The maximum Gasteiger partial charge on any atom is 0.236 e. The minimum absolute atomic E-state index is 0.164. The molecule has 0 aromatic heterocycles. The third-order valence-electron chi connectivity index (χ3n) is 5.50. The highest BCUT2D eigenvalue weighted by Crippen LogP contribution is 2.54. The first kappa shape index (κ1) is 10.3. The first-order valence-electron chi connectivity index (χ1n) is 6.94. The topological polar surface area (TPSA) is 43.8 Å². The molecule has 0 radical (unpaired) electrons. The van der Waals surface area contributed by atoms with E-state index in [1.807, 2.05) is 4.90 Å². The summed E-state index contributed by atoms with van der Waals surface area (Å²) < 4.78 is 0. The van der Waals surface area contributed by atoms with Crippen LogP contribution in [-0.2, 0) is 4.79 Å². The average molecular weight is 236 g/mol. The number of nitrogens with zero attached hydrogens (tertiary/aromatic N) is 2. The zero-order chi connectivity index (χ0) is 11.6. The predicted molar refractivity (Wildman–Crippen MR) is 62.3 cm³/mol. The smallest absolute Gasteiger partial charge is 0.236 e. The molecule has 17 heavy (non-hydrogen) atoms. The number of aliphatic hydroxyl groups excluding tert-OH is 1. The van der Waals surface area contributed by atoms with E-state index in [2.05, 4.69) is 4.90 Å². The van der Waals surface area contributed by atoms with Crippen molar-refractivity contribution in [3.05, 3.63) is 0 Å². The SMILES string of the molecule is O=C(CN1CC2CC3CC2C1C3O)N1CCC1. The molecule has 2 saturated carbocycles. The van der Waals surface area contributed by atoms with Crippen LogP contribution in [0.15, 0.2) is 0 Å². The molecule has 4 heteroatoms. The highest BCUT2D eigenvalue weighted by molar-refractivity contribution is 5.79. The summed E-state index contributed by atoms with van der Waals surface area (Å²) in [7, 11) is 0. The van der Waals surface area contributed by atoms with Gasteiger partial charge < -0.3 is 10.0 Å². The third kappa shape index (κ3) is 1.34. The molecule has 1 N–H and O–H groups in total. The molecular formula is C13H20N2O2. The van der Waals surface area contributed by atoms with Crippen molar-refractivity contribution in [1.82, 2.24) is 9.80 Å². The van der Waals surface area contributed by atoms with E-state index < -0.39 is 0 Å². The highest BCUT2D eigenvalue weighted by atomic mass is 16.3. The molecule has 1 amide bonds. The van der Waals surface area contributed by atoms with Gasteiger partial charge in [0.2, 0.25) is 5.91 Å². The number of likely N-dealkylation sites (tertiary alicyclic amines) is 2. The predicted octanol–water partition coefficient (Wildman–Crippen LogP) is -0.0802. The summed E-state index contributed by atoms with van der Waals surface area (Å²) in [4.78, 5) is 16.2. The first-order chi connectivity index (χ1) is 8.24. The van der Waals surface area contributed by atoms with E-state index in [-0.39, 0.29) is 12.0 Å². The Hall–Kier alpha value is -0.610. The van der Waals surface area contributed by atoms with Gasteiger partial charge in [0.05, 0.1) is 12.6 Å². The molecule has 94 valence electrons. The van der Waals surface area contributed by atoms with Crippen LogP contribution in [0.25, 0.3) is 0 Å². The van der Waals surface area contributed by atoms with E-state index in [0.29, 0.717) is 24.4 Å². The molecule has 0 spiro atoms. The number of aliphatic hydroxyl groups is 1. The number of hydrogen-bond acceptors (Lipinski definition) is 3. The lowest BCUT2D eigenvalue weighted by Crippen LogP contribution is -2.50. The molecule has 2 bridgehead atoms. The van der Waals surface area contributed by atoms with Crippen LogP contribution in [0.4, 0.5) is 0 Å². The molecule has 2 aliphatic carbocycles. The molecule has 0 aromatic rings. The van der Waals surface area contributed by atoms with Crippen molar-refractivity contribution in [3.63, 3.8) is 0 Å². The molecule has 5 atom stereocenters. The van der Waals surface area contributed by atoms with Crippen molar-refractivity contribution in [2.75, 3.05) is 26.2 Å². The fraction of sp³-hybridized carbons (Fsp3) is 0.923. The number of carbonyl (C=O) groups excluding carboxylic acids is 1. The lowest BCUT2D eigenvalue weighted by atomic mass is 9.88. The summed E-state index contributed by atoms with van der Waals surface area (Å²) in [6, 6.07) is 0.295. The Morgan fingerprint density at radius 3 is 2.71 bits per heavy atom. The monoisotopic (exact) mass is 236 g/mol. The number of fused-ring (bicyclic) bond motifs is 1. The molecule has 2 saturated heterocycles. The van der Waals surface area contributed by atoms with Crippen LogP contribution in [0.5, 0.6) is 0 Å². The molecule has 4 aliphatic rings. The lowest BCUT2D eigenvalue weighted by Gasteiger charge is -2.34. The molecule has 2 aliphatic heterocycles. The quantitative estimate of drug-likeness (QED) is 0.729. The van der Waals surface area contributed by atoms with Crippen LogP contribution in [0.2, 0.25) is 0 Å². The summed E-state index contributed by atoms with van der Waals surface area (Å²) in [5.41, 5.74) is 0. The highest BCUT2D eigenvalue weighted by Gasteiger charge is 2.58. The Balaban J connectivity index is 1.47. The largest absolute Gasteiger partial charge is 0.391 e. The molecular weight excluding hydrogens is 216 g/mol. The zero-order valence-electron chi connectivity index (χ0n) is 10.1. The van der Waals surface area contributed by atoms with E-state index in [4.69, 9.17) is 0 Å². The molecule has 5 unspecified atom stereocenters. The average Bonchev–Trinajstić information content (AvgIpc) is 2.75. The maximum atomic E-state index is 12.0. The lowest BCUT2D eigenvalue weighted by molar-refractivity contribution is -0.136. The minimum Gasteiger partial charge on any atom is -0.391 e. The van der Waals surface area contributed by atoms with Gasteiger partial charge in [0, 0.05) is 25.7 Å². The second kappa shape index (κ2) is 3.45. The van der Waals surface area contributed by atoms with Crippen LogP contribution in [0, 0.1) is 17.8 Å². The van der Waals surface area contributed by atoms with E-state index in [1.165, 1.54) is 12.8 Å². The molecule has 4 rings (SSSR count).